The van der Waals surface area contributed by atoms with Crippen LogP contribution < -0.4 is 5.32 Å². The van der Waals surface area contributed by atoms with Crippen molar-refractivity contribution in [1.82, 2.24) is 14.9 Å². The smallest absolute Gasteiger partial charge is 0.126 e. The lowest BCUT2D eigenvalue weighted by Gasteiger charge is -2.35. The van der Waals surface area contributed by atoms with Gasteiger partial charge in [0.25, 0.3) is 0 Å². The van der Waals surface area contributed by atoms with Gasteiger partial charge in [0.2, 0.25) is 0 Å². The van der Waals surface area contributed by atoms with Gasteiger partial charge in [0.1, 0.15) is 5.82 Å². The Morgan fingerprint density at radius 3 is 2.86 bits per heavy atom. The number of rotatable bonds is 5. The molecule has 0 aliphatic carbocycles. The van der Waals surface area contributed by atoms with Gasteiger partial charge in [-0.3, -0.25) is 0 Å². The fraction of sp³-hybridized carbons (Fsp3) is 0.812. The largest absolute Gasteiger partial charge is 0.381 e. The number of aromatic nitrogens is 2. The van der Waals surface area contributed by atoms with Gasteiger partial charge < -0.3 is 19.4 Å². The molecule has 0 bridgehead atoms. The Kier molecular flexibility index (Phi) is 5.27. The summed E-state index contributed by atoms with van der Waals surface area (Å²) in [5, 5.41) is 3.84. The van der Waals surface area contributed by atoms with Crippen LogP contribution in [0.5, 0.6) is 0 Å². The van der Waals surface area contributed by atoms with Crippen molar-refractivity contribution < 1.29 is 9.47 Å². The normalized spacial score (nSPS) is 25.9. The summed E-state index contributed by atoms with van der Waals surface area (Å²) >= 11 is 0. The molecule has 0 amide bonds. The van der Waals surface area contributed by atoms with Crippen LogP contribution in [0.2, 0.25) is 0 Å². The highest BCUT2D eigenvalue weighted by atomic mass is 16.5. The summed E-state index contributed by atoms with van der Waals surface area (Å²) in [6.07, 6.45) is 8.58. The number of imidazole rings is 1. The molecule has 0 spiro atoms. The highest BCUT2D eigenvalue weighted by molar-refractivity contribution is 5.03. The number of hydrogen-bond donors (Lipinski definition) is 1. The molecule has 1 aromatic heterocycles. The SMILES string of the molecule is CCn1ccnc1[C@H](N[C@H]1CCCOC1)C1CCOCC1. The first kappa shape index (κ1) is 15.0. The summed E-state index contributed by atoms with van der Waals surface area (Å²) in [6, 6.07) is 0.768. The molecule has 2 fully saturated rings. The molecule has 2 aliphatic heterocycles. The minimum atomic E-state index is 0.315. The standard InChI is InChI=1S/C16H27N3O2/c1-2-19-8-7-17-16(19)15(13-5-10-20-11-6-13)18-14-4-3-9-21-12-14/h7-8,13-15,18H,2-6,9-12H2,1H3/t14-,15+/m0/s1. The fourth-order valence-electron chi connectivity index (χ4n) is 3.46. The Balaban J connectivity index is 1.76. The molecule has 2 atom stereocenters. The Labute approximate surface area is 127 Å². The average Bonchev–Trinajstić information content (AvgIpc) is 3.03. The molecule has 0 unspecified atom stereocenters. The molecular weight excluding hydrogens is 266 g/mol. The molecule has 21 heavy (non-hydrogen) atoms. The average molecular weight is 293 g/mol. The third-order valence-electron chi connectivity index (χ3n) is 4.68. The van der Waals surface area contributed by atoms with Gasteiger partial charge >= 0.3 is 0 Å². The Morgan fingerprint density at radius 2 is 2.14 bits per heavy atom. The Morgan fingerprint density at radius 1 is 1.29 bits per heavy atom. The van der Waals surface area contributed by atoms with Crippen molar-refractivity contribution in [3.05, 3.63) is 18.2 Å². The van der Waals surface area contributed by atoms with Crippen LogP contribution >= 0.6 is 0 Å². The van der Waals surface area contributed by atoms with Gasteiger partial charge in [0.15, 0.2) is 0 Å². The van der Waals surface area contributed by atoms with Gasteiger partial charge in [0, 0.05) is 44.8 Å². The van der Waals surface area contributed by atoms with E-state index in [2.05, 4.69) is 28.0 Å². The zero-order valence-corrected chi connectivity index (χ0v) is 13.0. The van der Waals surface area contributed by atoms with Crippen LogP contribution in [0.1, 0.15) is 44.5 Å². The summed E-state index contributed by atoms with van der Waals surface area (Å²) in [6.45, 7) is 6.62. The summed E-state index contributed by atoms with van der Waals surface area (Å²) in [5.41, 5.74) is 0. The molecule has 1 N–H and O–H groups in total. The van der Waals surface area contributed by atoms with Crippen LogP contribution in [-0.2, 0) is 16.0 Å². The van der Waals surface area contributed by atoms with Crippen molar-refractivity contribution in [3.63, 3.8) is 0 Å². The molecule has 1 aromatic rings. The lowest BCUT2D eigenvalue weighted by molar-refractivity contribution is 0.0346. The molecule has 3 heterocycles. The van der Waals surface area contributed by atoms with Gasteiger partial charge in [-0.1, -0.05) is 0 Å². The summed E-state index contributed by atoms with van der Waals surface area (Å²) in [5.74, 6) is 1.78. The lowest BCUT2D eigenvalue weighted by atomic mass is 9.90. The minimum Gasteiger partial charge on any atom is -0.381 e. The van der Waals surface area contributed by atoms with Crippen LogP contribution in [0.25, 0.3) is 0 Å². The van der Waals surface area contributed by atoms with E-state index >= 15 is 0 Å². The lowest BCUT2D eigenvalue weighted by Crippen LogP contribution is -2.43. The summed E-state index contributed by atoms with van der Waals surface area (Å²) < 4.78 is 13.4. The number of ether oxygens (including phenoxy) is 2. The first-order chi connectivity index (χ1) is 10.4. The number of hydrogen-bond acceptors (Lipinski definition) is 4. The second kappa shape index (κ2) is 7.38. The fourth-order valence-corrected chi connectivity index (χ4v) is 3.46. The maximum absolute atomic E-state index is 5.63. The topological polar surface area (TPSA) is 48.3 Å². The summed E-state index contributed by atoms with van der Waals surface area (Å²) in [7, 11) is 0. The predicted molar refractivity (Wildman–Crippen MR) is 81.2 cm³/mol. The molecule has 5 heteroatoms. The molecule has 2 aliphatic rings. The Bertz CT molecular complexity index is 423. The van der Waals surface area contributed by atoms with Crippen molar-refractivity contribution in [1.29, 1.82) is 0 Å². The molecule has 3 rings (SSSR count). The van der Waals surface area contributed by atoms with Crippen LogP contribution in [0.15, 0.2) is 12.4 Å². The second-order valence-corrected chi connectivity index (χ2v) is 6.08. The number of nitrogens with zero attached hydrogens (tertiary/aromatic N) is 2. The molecule has 0 radical (unpaired) electrons. The first-order valence-corrected chi connectivity index (χ1v) is 8.31. The van der Waals surface area contributed by atoms with E-state index in [1.165, 1.54) is 12.2 Å². The van der Waals surface area contributed by atoms with E-state index in [1.807, 2.05) is 6.20 Å². The zero-order valence-electron chi connectivity index (χ0n) is 13.0. The molecule has 0 aromatic carbocycles. The molecular formula is C16H27N3O2. The van der Waals surface area contributed by atoms with Crippen molar-refractivity contribution in [2.45, 2.75) is 51.2 Å². The van der Waals surface area contributed by atoms with E-state index in [1.54, 1.807) is 0 Å². The quantitative estimate of drug-likeness (QED) is 0.903. The summed E-state index contributed by atoms with van der Waals surface area (Å²) in [4.78, 5) is 4.65. The maximum Gasteiger partial charge on any atom is 0.126 e. The van der Waals surface area contributed by atoms with E-state index in [0.717, 1.165) is 52.2 Å². The van der Waals surface area contributed by atoms with Crippen LogP contribution in [0.4, 0.5) is 0 Å². The van der Waals surface area contributed by atoms with Crippen LogP contribution in [-0.4, -0.2) is 42.0 Å². The van der Waals surface area contributed by atoms with Gasteiger partial charge in [-0.05, 0) is 38.5 Å². The van der Waals surface area contributed by atoms with Crippen LogP contribution in [0.3, 0.4) is 0 Å². The van der Waals surface area contributed by atoms with E-state index < -0.39 is 0 Å². The second-order valence-electron chi connectivity index (χ2n) is 6.08. The number of nitrogens with one attached hydrogen (secondary N) is 1. The molecule has 0 saturated carbocycles. The van der Waals surface area contributed by atoms with Crippen molar-refractivity contribution in [2.24, 2.45) is 5.92 Å². The van der Waals surface area contributed by atoms with E-state index in [-0.39, 0.29) is 0 Å². The third kappa shape index (κ3) is 3.65. The first-order valence-electron chi connectivity index (χ1n) is 8.31. The number of aryl methyl sites for hydroxylation is 1. The van der Waals surface area contributed by atoms with Gasteiger partial charge in [-0.2, -0.15) is 0 Å². The van der Waals surface area contributed by atoms with E-state index in [4.69, 9.17) is 9.47 Å². The van der Waals surface area contributed by atoms with Gasteiger partial charge in [-0.15, -0.1) is 0 Å². The van der Waals surface area contributed by atoms with Crippen molar-refractivity contribution >= 4 is 0 Å². The maximum atomic E-state index is 5.63. The van der Waals surface area contributed by atoms with Crippen LogP contribution in [0, 0.1) is 5.92 Å². The molecule has 2 saturated heterocycles. The van der Waals surface area contributed by atoms with Gasteiger partial charge in [0.05, 0.1) is 12.6 Å². The zero-order chi connectivity index (χ0) is 14.5. The van der Waals surface area contributed by atoms with Crippen molar-refractivity contribution in [2.75, 3.05) is 26.4 Å². The molecule has 5 nitrogen and oxygen atoms in total. The highest BCUT2D eigenvalue weighted by Gasteiger charge is 2.30. The minimum absolute atomic E-state index is 0.315. The van der Waals surface area contributed by atoms with E-state index in [0.29, 0.717) is 18.0 Å². The monoisotopic (exact) mass is 293 g/mol. The van der Waals surface area contributed by atoms with Crippen molar-refractivity contribution in [3.8, 4) is 0 Å². The molecule has 118 valence electrons. The van der Waals surface area contributed by atoms with Gasteiger partial charge in [-0.25, -0.2) is 4.98 Å². The Hall–Kier alpha value is -0.910. The predicted octanol–water partition coefficient (Wildman–Crippen LogP) is 2.14. The van der Waals surface area contributed by atoms with E-state index in [9.17, 15) is 0 Å². The third-order valence-corrected chi connectivity index (χ3v) is 4.68. The highest BCUT2D eigenvalue weighted by Crippen LogP contribution is 2.30.